The van der Waals surface area contributed by atoms with Gasteiger partial charge in [0.1, 0.15) is 5.82 Å². The third kappa shape index (κ3) is 4.25. The molecule has 0 spiro atoms. The number of ether oxygens (including phenoxy) is 1. The molecule has 0 aliphatic rings. The minimum absolute atomic E-state index is 0.302. The van der Waals surface area contributed by atoms with E-state index in [0.717, 1.165) is 23.8 Å². The van der Waals surface area contributed by atoms with Crippen LogP contribution in [-0.2, 0) is 11.3 Å². The minimum atomic E-state index is -0.725. The van der Waals surface area contributed by atoms with Crippen LogP contribution in [0.25, 0.3) is 0 Å². The predicted molar refractivity (Wildman–Crippen MR) is 74.8 cm³/mol. The van der Waals surface area contributed by atoms with E-state index in [9.17, 15) is 13.6 Å². The molecule has 0 aliphatic carbocycles. The summed E-state index contributed by atoms with van der Waals surface area (Å²) in [5.41, 5.74) is 6.97. The summed E-state index contributed by atoms with van der Waals surface area (Å²) in [5.74, 6) is -2.14. The van der Waals surface area contributed by atoms with Crippen molar-refractivity contribution < 1.29 is 18.3 Å². The van der Waals surface area contributed by atoms with E-state index in [1.54, 1.807) is 24.3 Å². The topological polar surface area (TPSA) is 64.3 Å². The smallest absolute Gasteiger partial charge is 0.262 e. The number of nitrogens with one attached hydrogen (secondary N) is 1. The summed E-state index contributed by atoms with van der Waals surface area (Å²) in [4.78, 5) is 11.7. The Kier molecular flexibility index (Phi) is 4.84. The molecule has 0 unspecified atom stereocenters. The lowest BCUT2D eigenvalue weighted by atomic mass is 10.2. The molecule has 0 radical (unpaired) electrons. The van der Waals surface area contributed by atoms with Crippen molar-refractivity contribution in [3.8, 4) is 5.75 Å². The Morgan fingerprint density at radius 2 is 1.86 bits per heavy atom. The van der Waals surface area contributed by atoms with Crippen molar-refractivity contribution in [2.75, 3.05) is 11.9 Å². The average molecular weight is 292 g/mol. The molecule has 0 heterocycles. The highest BCUT2D eigenvalue weighted by atomic mass is 19.1. The number of benzene rings is 2. The summed E-state index contributed by atoms with van der Waals surface area (Å²) in [6.07, 6.45) is 0. The molecule has 0 bridgehead atoms. The zero-order chi connectivity index (χ0) is 15.2. The van der Waals surface area contributed by atoms with Gasteiger partial charge in [0.15, 0.2) is 18.2 Å². The van der Waals surface area contributed by atoms with Crippen LogP contribution in [0.2, 0.25) is 0 Å². The van der Waals surface area contributed by atoms with E-state index in [1.165, 1.54) is 0 Å². The van der Waals surface area contributed by atoms with E-state index in [4.69, 9.17) is 10.5 Å². The second-order valence-electron chi connectivity index (χ2n) is 4.31. The zero-order valence-electron chi connectivity index (χ0n) is 11.1. The van der Waals surface area contributed by atoms with Crippen LogP contribution in [0.3, 0.4) is 0 Å². The van der Waals surface area contributed by atoms with E-state index in [-0.39, 0.29) is 5.75 Å². The second-order valence-corrected chi connectivity index (χ2v) is 4.31. The Labute approximate surface area is 120 Å². The van der Waals surface area contributed by atoms with Crippen LogP contribution in [0, 0.1) is 11.6 Å². The highest BCUT2D eigenvalue weighted by Crippen LogP contribution is 2.18. The lowest BCUT2D eigenvalue weighted by Gasteiger charge is -2.08. The molecule has 0 atom stereocenters. The molecule has 3 N–H and O–H groups in total. The van der Waals surface area contributed by atoms with Gasteiger partial charge in [0.25, 0.3) is 5.91 Å². The molecule has 1 amide bonds. The van der Waals surface area contributed by atoms with Gasteiger partial charge in [-0.05, 0) is 29.8 Å². The number of amides is 1. The van der Waals surface area contributed by atoms with Gasteiger partial charge in [-0.1, -0.05) is 12.1 Å². The molecule has 4 nitrogen and oxygen atoms in total. The van der Waals surface area contributed by atoms with E-state index < -0.39 is 24.1 Å². The highest BCUT2D eigenvalue weighted by Gasteiger charge is 2.08. The molecule has 2 aromatic rings. The van der Waals surface area contributed by atoms with Crippen molar-refractivity contribution in [1.29, 1.82) is 0 Å². The third-order valence-corrected chi connectivity index (χ3v) is 2.73. The minimum Gasteiger partial charge on any atom is -0.481 e. The van der Waals surface area contributed by atoms with Gasteiger partial charge in [0.05, 0.1) is 0 Å². The van der Waals surface area contributed by atoms with Crippen molar-refractivity contribution >= 4 is 11.6 Å². The van der Waals surface area contributed by atoms with Crippen molar-refractivity contribution in [3.63, 3.8) is 0 Å². The summed E-state index contributed by atoms with van der Waals surface area (Å²) >= 11 is 0. The van der Waals surface area contributed by atoms with Gasteiger partial charge >= 0.3 is 0 Å². The first-order valence-corrected chi connectivity index (χ1v) is 6.25. The number of hydrogen-bond acceptors (Lipinski definition) is 3. The first-order valence-electron chi connectivity index (χ1n) is 6.25. The number of rotatable bonds is 5. The normalized spacial score (nSPS) is 10.2. The number of anilines is 1. The Bertz CT molecular complexity index is 630. The lowest BCUT2D eigenvalue weighted by molar-refractivity contribution is -0.118. The summed E-state index contributed by atoms with van der Waals surface area (Å²) in [6.45, 7) is -0.00476. The van der Waals surface area contributed by atoms with E-state index in [2.05, 4.69) is 5.32 Å². The molecule has 0 aromatic heterocycles. The second kappa shape index (κ2) is 6.81. The Morgan fingerprint density at radius 3 is 2.52 bits per heavy atom. The SMILES string of the molecule is NCc1ccc(NC(=O)COc2cc(F)ccc2F)cc1. The molecule has 0 fully saturated rings. The molecule has 0 saturated heterocycles. The van der Waals surface area contributed by atoms with E-state index in [0.29, 0.717) is 12.2 Å². The first kappa shape index (κ1) is 14.9. The maximum atomic E-state index is 13.3. The fourth-order valence-electron chi connectivity index (χ4n) is 1.65. The highest BCUT2D eigenvalue weighted by molar-refractivity contribution is 5.91. The molecular formula is C15H14F2N2O2. The third-order valence-electron chi connectivity index (χ3n) is 2.73. The quantitative estimate of drug-likeness (QED) is 0.889. The molecule has 21 heavy (non-hydrogen) atoms. The van der Waals surface area contributed by atoms with Crippen LogP contribution in [0.5, 0.6) is 5.75 Å². The van der Waals surface area contributed by atoms with Gasteiger partial charge < -0.3 is 15.8 Å². The Balaban J connectivity index is 1.91. The number of halogens is 2. The van der Waals surface area contributed by atoms with Crippen LogP contribution in [0.15, 0.2) is 42.5 Å². The molecule has 2 rings (SSSR count). The summed E-state index contributed by atoms with van der Waals surface area (Å²) in [7, 11) is 0. The van der Waals surface area contributed by atoms with Crippen molar-refractivity contribution in [2.45, 2.75) is 6.54 Å². The van der Waals surface area contributed by atoms with Crippen molar-refractivity contribution in [3.05, 3.63) is 59.7 Å². The Hall–Kier alpha value is -2.47. The molecular weight excluding hydrogens is 278 g/mol. The van der Waals surface area contributed by atoms with Crippen LogP contribution in [0.1, 0.15) is 5.56 Å². The first-order chi connectivity index (χ1) is 10.1. The molecule has 0 aliphatic heterocycles. The fourth-order valence-corrected chi connectivity index (χ4v) is 1.65. The van der Waals surface area contributed by atoms with Gasteiger partial charge in [-0.3, -0.25) is 4.79 Å². The van der Waals surface area contributed by atoms with Gasteiger partial charge in [0.2, 0.25) is 0 Å². The Morgan fingerprint density at radius 1 is 1.14 bits per heavy atom. The molecule has 110 valence electrons. The van der Waals surface area contributed by atoms with Crippen LogP contribution in [-0.4, -0.2) is 12.5 Å². The zero-order valence-corrected chi connectivity index (χ0v) is 11.1. The number of carbonyl (C=O) groups excluding carboxylic acids is 1. The average Bonchev–Trinajstić information content (AvgIpc) is 2.49. The fraction of sp³-hybridized carbons (Fsp3) is 0.133. The monoisotopic (exact) mass is 292 g/mol. The van der Waals surface area contributed by atoms with Crippen LogP contribution in [0.4, 0.5) is 14.5 Å². The molecule has 6 heteroatoms. The molecule has 2 aromatic carbocycles. The van der Waals surface area contributed by atoms with Gasteiger partial charge in [-0.15, -0.1) is 0 Å². The van der Waals surface area contributed by atoms with Crippen molar-refractivity contribution in [1.82, 2.24) is 0 Å². The van der Waals surface area contributed by atoms with Crippen molar-refractivity contribution in [2.24, 2.45) is 5.73 Å². The number of carbonyl (C=O) groups is 1. The lowest BCUT2D eigenvalue weighted by Crippen LogP contribution is -2.20. The van der Waals surface area contributed by atoms with Crippen LogP contribution >= 0.6 is 0 Å². The summed E-state index contributed by atoms with van der Waals surface area (Å²) in [6, 6.07) is 9.76. The maximum Gasteiger partial charge on any atom is 0.262 e. The van der Waals surface area contributed by atoms with Gasteiger partial charge in [-0.25, -0.2) is 8.78 Å². The number of hydrogen-bond donors (Lipinski definition) is 2. The van der Waals surface area contributed by atoms with E-state index in [1.807, 2.05) is 0 Å². The molecule has 0 saturated carbocycles. The largest absolute Gasteiger partial charge is 0.481 e. The van der Waals surface area contributed by atoms with Gasteiger partial charge in [0, 0.05) is 18.3 Å². The van der Waals surface area contributed by atoms with Gasteiger partial charge in [-0.2, -0.15) is 0 Å². The summed E-state index contributed by atoms with van der Waals surface area (Å²) in [5, 5.41) is 2.58. The van der Waals surface area contributed by atoms with Crippen LogP contribution < -0.4 is 15.8 Å². The summed E-state index contributed by atoms with van der Waals surface area (Å²) < 4.78 is 31.2. The number of nitrogens with two attached hydrogens (primary N) is 1. The standard InChI is InChI=1S/C15H14F2N2O2/c16-11-3-6-13(17)14(7-11)21-9-15(20)19-12-4-1-10(8-18)2-5-12/h1-7H,8-9,18H2,(H,19,20). The predicted octanol–water partition coefficient (Wildman–Crippen LogP) is 2.44. The van der Waals surface area contributed by atoms with E-state index >= 15 is 0 Å². The maximum absolute atomic E-state index is 13.3.